The maximum atomic E-state index is 12.9. The van der Waals surface area contributed by atoms with Gasteiger partial charge < -0.3 is 5.11 Å². The summed E-state index contributed by atoms with van der Waals surface area (Å²) in [4.78, 5) is 10.3. The summed E-state index contributed by atoms with van der Waals surface area (Å²) in [6, 6.07) is 4.34. The molecule has 1 aromatic rings. The lowest BCUT2D eigenvalue weighted by Gasteiger charge is -2.04. The van der Waals surface area contributed by atoms with Gasteiger partial charge in [0.2, 0.25) is 6.17 Å². The number of hydrogen-bond donors (Lipinski definition) is 1. The predicted octanol–water partition coefficient (Wildman–Crippen LogP) is 2.74. The van der Waals surface area contributed by atoms with Crippen molar-refractivity contribution in [3.63, 3.8) is 0 Å². The lowest BCUT2D eigenvalue weighted by atomic mass is 10.1. The van der Waals surface area contributed by atoms with Crippen LogP contribution in [0.3, 0.4) is 0 Å². The summed E-state index contributed by atoms with van der Waals surface area (Å²) in [5.74, 6) is -1.50. The molecular formula is C9H8ClFO2. The zero-order valence-corrected chi connectivity index (χ0v) is 7.68. The van der Waals surface area contributed by atoms with Crippen LogP contribution in [0.5, 0.6) is 0 Å². The molecule has 0 spiro atoms. The number of halogens is 2. The highest BCUT2D eigenvalue weighted by atomic mass is 35.5. The van der Waals surface area contributed by atoms with Crippen molar-refractivity contribution in [1.82, 2.24) is 0 Å². The van der Waals surface area contributed by atoms with Crippen LogP contribution in [0.1, 0.15) is 17.3 Å². The van der Waals surface area contributed by atoms with Crippen molar-refractivity contribution in [3.05, 3.63) is 34.3 Å². The van der Waals surface area contributed by atoms with Gasteiger partial charge in [0.25, 0.3) is 0 Å². The van der Waals surface area contributed by atoms with Gasteiger partial charge in [-0.25, -0.2) is 9.18 Å². The van der Waals surface area contributed by atoms with Crippen molar-refractivity contribution in [1.29, 1.82) is 0 Å². The van der Waals surface area contributed by atoms with Crippen LogP contribution in [0.15, 0.2) is 18.2 Å². The van der Waals surface area contributed by atoms with Crippen molar-refractivity contribution < 1.29 is 14.3 Å². The maximum Gasteiger partial charge on any atom is 0.343 e. The Labute approximate surface area is 80.0 Å². The van der Waals surface area contributed by atoms with E-state index in [2.05, 4.69) is 0 Å². The smallest absolute Gasteiger partial charge is 0.343 e. The molecule has 0 aliphatic carbocycles. The number of carbonyl (C=O) groups is 1. The van der Waals surface area contributed by atoms with Gasteiger partial charge in [0.05, 0.1) is 0 Å². The van der Waals surface area contributed by atoms with Gasteiger partial charge >= 0.3 is 5.97 Å². The van der Waals surface area contributed by atoms with E-state index < -0.39 is 12.1 Å². The molecule has 1 aromatic carbocycles. The minimum atomic E-state index is -2.00. The van der Waals surface area contributed by atoms with E-state index in [1.54, 1.807) is 13.0 Å². The summed E-state index contributed by atoms with van der Waals surface area (Å²) in [5, 5.41) is 8.75. The first kappa shape index (κ1) is 9.99. The lowest BCUT2D eigenvalue weighted by molar-refractivity contribution is -0.143. The van der Waals surface area contributed by atoms with Crippen molar-refractivity contribution >= 4 is 17.6 Å². The molecular weight excluding hydrogens is 195 g/mol. The second-order valence-electron chi connectivity index (χ2n) is 2.71. The van der Waals surface area contributed by atoms with Gasteiger partial charge in [-0.15, -0.1) is 0 Å². The number of carboxylic acids is 1. The second kappa shape index (κ2) is 3.75. The summed E-state index contributed by atoms with van der Waals surface area (Å²) in [7, 11) is 0. The van der Waals surface area contributed by atoms with E-state index in [4.69, 9.17) is 16.7 Å². The first-order chi connectivity index (χ1) is 6.02. The van der Waals surface area contributed by atoms with Gasteiger partial charge in [-0.2, -0.15) is 0 Å². The van der Waals surface area contributed by atoms with Gasteiger partial charge in [0, 0.05) is 5.02 Å². The van der Waals surface area contributed by atoms with Crippen LogP contribution in [0.4, 0.5) is 4.39 Å². The van der Waals surface area contributed by atoms with E-state index in [0.717, 1.165) is 5.56 Å². The Kier molecular flexibility index (Phi) is 2.88. The third kappa shape index (κ3) is 2.18. The average molecular weight is 203 g/mol. The molecule has 0 saturated heterocycles. The normalized spacial score (nSPS) is 12.5. The molecule has 2 nitrogen and oxygen atoms in total. The monoisotopic (exact) mass is 202 g/mol. The standard InChI is InChI=1S/C9H8ClFO2/c1-5-2-3-6(4-7(5)10)8(11)9(12)13/h2-4,8H,1H3,(H,12,13). The zero-order chi connectivity index (χ0) is 10.0. The molecule has 1 N–H and O–H groups in total. The third-order valence-corrected chi connectivity index (χ3v) is 2.11. The Morgan fingerprint density at radius 1 is 1.62 bits per heavy atom. The van der Waals surface area contributed by atoms with Gasteiger partial charge in [0.15, 0.2) is 0 Å². The van der Waals surface area contributed by atoms with Crippen LogP contribution in [-0.4, -0.2) is 11.1 Å². The van der Waals surface area contributed by atoms with Crippen molar-refractivity contribution in [2.45, 2.75) is 13.1 Å². The highest BCUT2D eigenvalue weighted by molar-refractivity contribution is 6.31. The number of benzene rings is 1. The SMILES string of the molecule is Cc1ccc(C(F)C(=O)O)cc1Cl. The van der Waals surface area contributed by atoms with E-state index in [9.17, 15) is 9.18 Å². The van der Waals surface area contributed by atoms with Crippen molar-refractivity contribution in [3.8, 4) is 0 Å². The summed E-state index contributed by atoms with van der Waals surface area (Å²) < 4.78 is 12.9. The van der Waals surface area contributed by atoms with Crippen molar-refractivity contribution in [2.24, 2.45) is 0 Å². The molecule has 13 heavy (non-hydrogen) atoms. The zero-order valence-electron chi connectivity index (χ0n) is 6.92. The fourth-order valence-electron chi connectivity index (χ4n) is 0.909. The second-order valence-corrected chi connectivity index (χ2v) is 3.12. The molecule has 0 bridgehead atoms. The van der Waals surface area contributed by atoms with Gasteiger partial charge in [-0.1, -0.05) is 23.7 Å². The Balaban J connectivity index is 3.03. The molecule has 1 atom stereocenters. The van der Waals surface area contributed by atoms with Crippen LogP contribution >= 0.6 is 11.6 Å². The molecule has 0 aliphatic heterocycles. The first-order valence-electron chi connectivity index (χ1n) is 3.65. The van der Waals surface area contributed by atoms with Crippen LogP contribution in [0.2, 0.25) is 5.02 Å². The van der Waals surface area contributed by atoms with E-state index in [0.29, 0.717) is 5.02 Å². The summed E-state index contributed by atoms with van der Waals surface area (Å²) >= 11 is 5.70. The van der Waals surface area contributed by atoms with E-state index in [1.165, 1.54) is 12.1 Å². The largest absolute Gasteiger partial charge is 0.479 e. The third-order valence-electron chi connectivity index (χ3n) is 1.71. The molecule has 70 valence electrons. The number of aliphatic carboxylic acids is 1. The molecule has 4 heteroatoms. The molecule has 0 saturated carbocycles. The van der Waals surface area contributed by atoms with Crippen molar-refractivity contribution in [2.75, 3.05) is 0 Å². The fourth-order valence-corrected chi connectivity index (χ4v) is 1.10. The lowest BCUT2D eigenvalue weighted by Crippen LogP contribution is -2.05. The molecule has 0 fully saturated rings. The molecule has 0 heterocycles. The van der Waals surface area contributed by atoms with Gasteiger partial charge in [-0.3, -0.25) is 0 Å². The molecule has 0 amide bonds. The number of carboxylic acid groups (broad SMARTS) is 1. The van der Waals surface area contributed by atoms with Gasteiger partial charge in [-0.05, 0) is 24.1 Å². The summed E-state index contributed by atoms with van der Waals surface area (Å²) in [6.45, 7) is 1.76. The molecule has 1 rings (SSSR count). The van der Waals surface area contributed by atoms with Gasteiger partial charge in [0.1, 0.15) is 0 Å². The van der Waals surface area contributed by atoms with E-state index >= 15 is 0 Å². The molecule has 0 aromatic heterocycles. The van der Waals surface area contributed by atoms with Crippen LogP contribution in [-0.2, 0) is 4.79 Å². The van der Waals surface area contributed by atoms with E-state index in [-0.39, 0.29) is 5.56 Å². The Hall–Kier alpha value is -1.09. The number of aryl methyl sites for hydroxylation is 1. The summed E-state index contributed by atoms with van der Waals surface area (Å²) in [5.41, 5.74) is 0.867. The average Bonchev–Trinajstić information content (AvgIpc) is 2.08. The first-order valence-corrected chi connectivity index (χ1v) is 4.03. The number of hydrogen-bond acceptors (Lipinski definition) is 1. The highest BCUT2D eigenvalue weighted by Gasteiger charge is 2.18. The highest BCUT2D eigenvalue weighted by Crippen LogP contribution is 2.23. The molecule has 0 radical (unpaired) electrons. The maximum absolute atomic E-state index is 12.9. The topological polar surface area (TPSA) is 37.3 Å². The Morgan fingerprint density at radius 2 is 2.23 bits per heavy atom. The quantitative estimate of drug-likeness (QED) is 0.801. The molecule has 0 aliphatic rings. The Bertz CT molecular complexity index is 338. The minimum Gasteiger partial charge on any atom is -0.479 e. The number of rotatable bonds is 2. The Morgan fingerprint density at radius 3 is 2.69 bits per heavy atom. The minimum absolute atomic E-state index is 0.0723. The number of alkyl halides is 1. The predicted molar refractivity (Wildman–Crippen MR) is 47.7 cm³/mol. The van der Waals surface area contributed by atoms with Crippen LogP contribution < -0.4 is 0 Å². The summed E-state index contributed by atoms with van der Waals surface area (Å²) in [6.07, 6.45) is -2.00. The van der Waals surface area contributed by atoms with Crippen LogP contribution in [0, 0.1) is 6.92 Å². The van der Waals surface area contributed by atoms with E-state index in [1.807, 2.05) is 0 Å². The van der Waals surface area contributed by atoms with Crippen LogP contribution in [0.25, 0.3) is 0 Å². The molecule has 1 unspecified atom stereocenters. The fraction of sp³-hybridized carbons (Fsp3) is 0.222.